The molecule has 21 heavy (non-hydrogen) atoms. The van der Waals surface area contributed by atoms with E-state index < -0.39 is 0 Å². The average molecular weight is 524 g/mol. The highest BCUT2D eigenvalue weighted by Gasteiger charge is 2.49. The van der Waals surface area contributed by atoms with Crippen molar-refractivity contribution in [3.05, 3.63) is 0 Å². The second kappa shape index (κ2) is 8.10. The van der Waals surface area contributed by atoms with E-state index in [0.717, 1.165) is 34.4 Å². The standard InChI is InChI=1S/C15H30N2O2.2HI/c1-12(16(2,3)4)11-19-15(18)14-10-13-6-8-17(14,5)9-7-13;;/h12-14H,6-11H2,1-5H3;2*1H/q+2;;/p-2. The number of rotatable bonds is 4. The third-order valence-corrected chi connectivity index (χ3v) is 5.47. The number of carbonyl (C=O) groups excluding carboxylic acids is 1. The van der Waals surface area contributed by atoms with Crippen LogP contribution in [0.5, 0.6) is 0 Å². The van der Waals surface area contributed by atoms with Gasteiger partial charge in [-0.15, -0.1) is 0 Å². The van der Waals surface area contributed by atoms with Crippen LogP contribution in [0.4, 0.5) is 0 Å². The van der Waals surface area contributed by atoms with Gasteiger partial charge in [-0.05, 0) is 25.7 Å². The SMILES string of the molecule is CC(COC(=O)C1CC2CC[N+]1(C)CC2)[N+](C)(C)C.[I-].[I-]. The van der Waals surface area contributed by atoms with Crippen LogP contribution in [0.25, 0.3) is 0 Å². The number of esters is 1. The lowest BCUT2D eigenvalue weighted by molar-refractivity contribution is -0.940. The molecule has 3 aliphatic rings. The normalized spacial score (nSPS) is 32.6. The van der Waals surface area contributed by atoms with Crippen molar-refractivity contribution in [2.75, 3.05) is 47.9 Å². The molecule has 2 unspecified atom stereocenters. The number of quaternary nitrogens is 2. The van der Waals surface area contributed by atoms with Gasteiger partial charge in [0.25, 0.3) is 0 Å². The Balaban J connectivity index is 0.00000200. The minimum absolute atomic E-state index is 0. The second-order valence-corrected chi connectivity index (χ2v) is 7.72. The maximum Gasteiger partial charge on any atom is 0.365 e. The van der Waals surface area contributed by atoms with Gasteiger partial charge in [0.1, 0.15) is 12.6 Å². The van der Waals surface area contributed by atoms with E-state index in [2.05, 4.69) is 35.1 Å². The van der Waals surface area contributed by atoms with Crippen molar-refractivity contribution < 1.29 is 66.5 Å². The Kier molecular flexibility index (Phi) is 8.43. The molecule has 0 saturated carbocycles. The summed E-state index contributed by atoms with van der Waals surface area (Å²) in [5, 5.41) is 0. The first kappa shape index (κ1) is 21.9. The first-order valence-electron chi connectivity index (χ1n) is 7.54. The molecule has 0 spiro atoms. The minimum Gasteiger partial charge on any atom is -1.00 e. The summed E-state index contributed by atoms with van der Waals surface area (Å²) in [7, 11) is 8.64. The molecular weight excluding hydrogens is 494 g/mol. The van der Waals surface area contributed by atoms with Crippen LogP contribution in [0.2, 0.25) is 0 Å². The van der Waals surface area contributed by atoms with Gasteiger partial charge in [-0.25, -0.2) is 4.79 Å². The van der Waals surface area contributed by atoms with Crippen LogP contribution in [0.15, 0.2) is 0 Å². The van der Waals surface area contributed by atoms with E-state index in [1.165, 1.54) is 12.8 Å². The molecular formula is C15H30I2N2O2. The Morgan fingerprint density at radius 2 is 1.76 bits per heavy atom. The summed E-state index contributed by atoms with van der Waals surface area (Å²) in [6.07, 6.45) is 3.61. The summed E-state index contributed by atoms with van der Waals surface area (Å²) in [5.41, 5.74) is 0. The fourth-order valence-corrected chi connectivity index (χ4v) is 3.20. The smallest absolute Gasteiger partial charge is 0.365 e. The van der Waals surface area contributed by atoms with Crippen molar-refractivity contribution in [2.45, 2.75) is 38.3 Å². The van der Waals surface area contributed by atoms with Crippen LogP contribution in [-0.4, -0.2) is 74.9 Å². The fourth-order valence-electron chi connectivity index (χ4n) is 3.20. The Morgan fingerprint density at radius 1 is 1.24 bits per heavy atom. The van der Waals surface area contributed by atoms with Gasteiger partial charge in [-0.2, -0.15) is 0 Å². The summed E-state index contributed by atoms with van der Waals surface area (Å²) in [4.78, 5) is 12.4. The van der Waals surface area contributed by atoms with E-state index in [9.17, 15) is 4.79 Å². The van der Waals surface area contributed by atoms with Crippen molar-refractivity contribution in [2.24, 2.45) is 5.92 Å². The van der Waals surface area contributed by atoms with Gasteiger partial charge in [-0.3, -0.25) is 0 Å². The molecule has 6 heteroatoms. The van der Waals surface area contributed by atoms with Crippen LogP contribution < -0.4 is 48.0 Å². The zero-order valence-electron chi connectivity index (χ0n) is 13.9. The number of piperidine rings is 3. The molecule has 0 aromatic rings. The highest BCUT2D eigenvalue weighted by molar-refractivity contribution is 5.74. The maximum atomic E-state index is 12.4. The van der Waals surface area contributed by atoms with Gasteiger partial charge in [0.2, 0.25) is 0 Å². The van der Waals surface area contributed by atoms with Crippen molar-refractivity contribution >= 4 is 5.97 Å². The quantitative estimate of drug-likeness (QED) is 0.210. The number of fused-ring (bicyclic) bond motifs is 3. The molecule has 0 radical (unpaired) electrons. The highest BCUT2D eigenvalue weighted by Crippen LogP contribution is 2.37. The summed E-state index contributed by atoms with van der Waals surface area (Å²) in [5.74, 6) is 0.792. The largest absolute Gasteiger partial charge is 1.00 e. The molecule has 2 atom stereocenters. The molecule has 3 saturated heterocycles. The van der Waals surface area contributed by atoms with Crippen molar-refractivity contribution in [1.82, 2.24) is 0 Å². The number of hydrogen-bond donors (Lipinski definition) is 0. The molecule has 3 fully saturated rings. The third kappa shape index (κ3) is 5.17. The van der Waals surface area contributed by atoms with Crippen LogP contribution in [-0.2, 0) is 9.53 Å². The zero-order valence-corrected chi connectivity index (χ0v) is 18.3. The first-order chi connectivity index (χ1) is 8.72. The molecule has 126 valence electrons. The molecule has 0 amide bonds. The van der Waals surface area contributed by atoms with Crippen LogP contribution in [0, 0.1) is 5.92 Å². The van der Waals surface area contributed by atoms with Crippen LogP contribution >= 0.6 is 0 Å². The third-order valence-electron chi connectivity index (χ3n) is 5.47. The molecule has 0 aromatic carbocycles. The monoisotopic (exact) mass is 524 g/mol. The lowest BCUT2D eigenvalue weighted by Gasteiger charge is -2.50. The maximum absolute atomic E-state index is 12.4. The average Bonchev–Trinajstić information content (AvgIpc) is 2.34. The molecule has 2 bridgehead atoms. The Morgan fingerprint density at radius 3 is 2.19 bits per heavy atom. The van der Waals surface area contributed by atoms with Gasteiger partial charge in [0.15, 0.2) is 6.04 Å². The Labute approximate surface area is 163 Å². The first-order valence-corrected chi connectivity index (χ1v) is 7.54. The second-order valence-electron chi connectivity index (χ2n) is 7.72. The predicted molar refractivity (Wildman–Crippen MR) is 75.5 cm³/mol. The summed E-state index contributed by atoms with van der Waals surface area (Å²) >= 11 is 0. The van der Waals surface area contributed by atoms with E-state index in [0.29, 0.717) is 12.6 Å². The number of ether oxygens (including phenoxy) is 1. The molecule has 4 nitrogen and oxygen atoms in total. The number of nitrogens with zero attached hydrogens (tertiary/aromatic N) is 2. The zero-order chi connectivity index (χ0) is 14.3. The Bertz CT molecular complexity index is 350. The number of likely N-dealkylation sites (N-methyl/N-ethyl adjacent to an activating group) is 2. The van der Waals surface area contributed by atoms with Crippen molar-refractivity contribution in [3.8, 4) is 0 Å². The molecule has 0 aromatic heterocycles. The number of hydrogen-bond acceptors (Lipinski definition) is 2. The van der Waals surface area contributed by atoms with E-state index in [4.69, 9.17) is 4.74 Å². The predicted octanol–water partition coefficient (Wildman–Crippen LogP) is -4.74. The molecule has 0 N–H and O–H groups in total. The number of carbonyl (C=O) groups is 1. The van der Waals surface area contributed by atoms with Gasteiger partial charge in [0, 0.05) is 6.42 Å². The minimum atomic E-state index is 0. The van der Waals surface area contributed by atoms with Gasteiger partial charge in [-0.1, -0.05) is 0 Å². The van der Waals surface area contributed by atoms with Gasteiger partial charge >= 0.3 is 5.97 Å². The van der Waals surface area contributed by atoms with Crippen molar-refractivity contribution in [3.63, 3.8) is 0 Å². The van der Waals surface area contributed by atoms with Crippen LogP contribution in [0.1, 0.15) is 26.2 Å². The van der Waals surface area contributed by atoms with Gasteiger partial charge < -0.3 is 61.7 Å². The fraction of sp³-hybridized carbons (Fsp3) is 0.933. The lowest BCUT2D eigenvalue weighted by Crippen LogP contribution is -3.00. The molecule has 0 aliphatic carbocycles. The lowest BCUT2D eigenvalue weighted by atomic mass is 9.81. The van der Waals surface area contributed by atoms with E-state index in [1.807, 2.05) is 0 Å². The van der Waals surface area contributed by atoms with E-state index in [1.54, 1.807) is 0 Å². The summed E-state index contributed by atoms with van der Waals surface area (Å²) in [6.45, 7) is 4.96. The summed E-state index contributed by atoms with van der Waals surface area (Å²) < 4.78 is 7.35. The van der Waals surface area contributed by atoms with E-state index >= 15 is 0 Å². The number of halogens is 2. The topological polar surface area (TPSA) is 26.3 Å². The molecule has 3 rings (SSSR count). The summed E-state index contributed by atoms with van der Waals surface area (Å²) in [6, 6.07) is 0.428. The van der Waals surface area contributed by atoms with Crippen LogP contribution in [0.3, 0.4) is 0 Å². The van der Waals surface area contributed by atoms with E-state index in [-0.39, 0.29) is 60.0 Å². The Hall–Kier alpha value is 0.850. The van der Waals surface area contributed by atoms with Gasteiger partial charge in [0.05, 0.1) is 41.3 Å². The molecule has 3 heterocycles. The van der Waals surface area contributed by atoms with Crippen molar-refractivity contribution in [1.29, 1.82) is 0 Å². The highest BCUT2D eigenvalue weighted by atomic mass is 127. The molecule has 3 aliphatic heterocycles.